The lowest BCUT2D eigenvalue weighted by atomic mass is 10.3. The van der Waals surface area contributed by atoms with Crippen molar-refractivity contribution in [3.05, 3.63) is 30.3 Å². The van der Waals surface area contributed by atoms with Gasteiger partial charge >= 0.3 is 0 Å². The molecule has 0 atom stereocenters. The van der Waals surface area contributed by atoms with Crippen LogP contribution in [0.4, 0.5) is 0 Å². The van der Waals surface area contributed by atoms with Gasteiger partial charge in [0.05, 0.1) is 6.54 Å². The number of aliphatic imine (C=N–C) groups is 1. The fourth-order valence-electron chi connectivity index (χ4n) is 1.91. The minimum atomic E-state index is 0. The number of likely N-dealkylation sites (N-methyl/N-ethyl adjacent to an activating group) is 1. The predicted molar refractivity (Wildman–Crippen MR) is 98.7 cm³/mol. The van der Waals surface area contributed by atoms with Gasteiger partial charge in [0.2, 0.25) is 0 Å². The van der Waals surface area contributed by atoms with E-state index in [-0.39, 0.29) is 24.0 Å². The van der Waals surface area contributed by atoms with E-state index in [2.05, 4.69) is 29.2 Å². The summed E-state index contributed by atoms with van der Waals surface area (Å²) < 4.78 is 5.72. The summed E-state index contributed by atoms with van der Waals surface area (Å²) in [5.41, 5.74) is 0. The zero-order chi connectivity index (χ0) is 14.2. The number of hydrogen-bond donors (Lipinski definition) is 1. The zero-order valence-electron chi connectivity index (χ0n) is 12.9. The molecule has 1 N–H and O–H groups in total. The van der Waals surface area contributed by atoms with E-state index in [0.29, 0.717) is 6.61 Å². The van der Waals surface area contributed by atoms with Gasteiger partial charge in [-0.25, -0.2) is 0 Å². The zero-order valence-corrected chi connectivity index (χ0v) is 15.2. The molecule has 0 aromatic heterocycles. The van der Waals surface area contributed by atoms with Crippen LogP contribution >= 0.6 is 24.0 Å². The second-order valence-electron chi connectivity index (χ2n) is 5.22. The van der Waals surface area contributed by atoms with Crippen LogP contribution in [-0.2, 0) is 0 Å². The van der Waals surface area contributed by atoms with E-state index >= 15 is 0 Å². The Labute approximate surface area is 145 Å². The van der Waals surface area contributed by atoms with Crippen LogP contribution < -0.4 is 10.1 Å². The highest BCUT2D eigenvalue weighted by Crippen LogP contribution is 2.28. The Morgan fingerprint density at radius 3 is 2.67 bits per heavy atom. The van der Waals surface area contributed by atoms with E-state index in [1.54, 1.807) is 0 Å². The van der Waals surface area contributed by atoms with Crippen molar-refractivity contribution >= 4 is 29.9 Å². The first-order valence-electron chi connectivity index (χ1n) is 7.47. The normalized spacial score (nSPS) is 14.3. The van der Waals surface area contributed by atoms with Gasteiger partial charge in [-0.1, -0.05) is 18.2 Å². The van der Waals surface area contributed by atoms with Crippen LogP contribution in [0.2, 0.25) is 0 Å². The molecule has 0 aliphatic heterocycles. The van der Waals surface area contributed by atoms with Gasteiger partial charge in [-0.05, 0) is 37.8 Å². The lowest BCUT2D eigenvalue weighted by Gasteiger charge is -2.22. The Kier molecular flexibility index (Phi) is 8.49. The summed E-state index contributed by atoms with van der Waals surface area (Å²) in [6.07, 6.45) is 2.67. The van der Waals surface area contributed by atoms with Crippen molar-refractivity contribution in [2.45, 2.75) is 19.8 Å². The highest BCUT2D eigenvalue weighted by molar-refractivity contribution is 14.0. The first kappa shape index (κ1) is 18.1. The topological polar surface area (TPSA) is 36.9 Å². The second kappa shape index (κ2) is 9.87. The van der Waals surface area contributed by atoms with Crippen molar-refractivity contribution in [3.8, 4) is 5.75 Å². The van der Waals surface area contributed by atoms with Crippen molar-refractivity contribution in [1.82, 2.24) is 10.2 Å². The highest BCUT2D eigenvalue weighted by atomic mass is 127. The van der Waals surface area contributed by atoms with Crippen LogP contribution in [-0.4, -0.2) is 44.1 Å². The quantitative estimate of drug-likeness (QED) is 0.432. The molecule has 2 rings (SSSR count). The summed E-state index contributed by atoms with van der Waals surface area (Å²) in [5.74, 6) is 2.72. The fourth-order valence-corrected chi connectivity index (χ4v) is 1.91. The molecule has 1 aromatic carbocycles. The van der Waals surface area contributed by atoms with Crippen molar-refractivity contribution in [3.63, 3.8) is 0 Å². The molecular formula is C16H26IN3O. The van der Waals surface area contributed by atoms with Crippen molar-refractivity contribution in [1.29, 1.82) is 0 Å². The van der Waals surface area contributed by atoms with Gasteiger partial charge in [-0.2, -0.15) is 0 Å². The number of halogens is 1. The molecule has 0 radical (unpaired) electrons. The third kappa shape index (κ3) is 7.02. The number of benzene rings is 1. The van der Waals surface area contributed by atoms with Crippen molar-refractivity contribution in [2.75, 3.05) is 33.3 Å². The van der Waals surface area contributed by atoms with Crippen molar-refractivity contribution < 1.29 is 4.74 Å². The van der Waals surface area contributed by atoms with Gasteiger partial charge in [-0.3, -0.25) is 4.99 Å². The predicted octanol–water partition coefficient (Wildman–Crippen LogP) is 2.99. The lowest BCUT2D eigenvalue weighted by molar-refractivity contribution is 0.281. The number of nitrogens with zero attached hydrogens (tertiary/aromatic N) is 2. The number of rotatable bonds is 7. The van der Waals surface area contributed by atoms with Gasteiger partial charge in [0.15, 0.2) is 5.96 Å². The van der Waals surface area contributed by atoms with E-state index in [9.17, 15) is 0 Å². The van der Waals surface area contributed by atoms with Crippen LogP contribution in [0.5, 0.6) is 5.75 Å². The fraction of sp³-hybridized carbons (Fsp3) is 0.562. The monoisotopic (exact) mass is 403 g/mol. The molecule has 5 heteroatoms. The molecular weight excluding hydrogens is 377 g/mol. The number of ether oxygens (including phenoxy) is 1. The third-order valence-electron chi connectivity index (χ3n) is 3.33. The first-order valence-corrected chi connectivity index (χ1v) is 7.47. The Hall–Kier alpha value is -0.980. The molecule has 0 spiro atoms. The maximum Gasteiger partial charge on any atom is 0.193 e. The smallest absolute Gasteiger partial charge is 0.193 e. The molecule has 118 valence electrons. The molecule has 1 aliphatic rings. The Morgan fingerprint density at radius 1 is 1.33 bits per heavy atom. The minimum absolute atomic E-state index is 0. The standard InChI is InChI=1S/C16H25N3O.HI/c1-3-17-16(18-13-14-9-10-14)19(2)11-12-20-15-7-5-4-6-8-15;/h4-8,14H,3,9-13H2,1-2H3,(H,17,18);1H. The summed E-state index contributed by atoms with van der Waals surface area (Å²) in [4.78, 5) is 6.81. The summed E-state index contributed by atoms with van der Waals surface area (Å²) in [6, 6.07) is 9.92. The summed E-state index contributed by atoms with van der Waals surface area (Å²) in [6.45, 7) is 5.43. The molecule has 0 bridgehead atoms. The molecule has 1 fully saturated rings. The van der Waals surface area contributed by atoms with Crippen LogP contribution in [0.3, 0.4) is 0 Å². The molecule has 1 saturated carbocycles. The van der Waals surface area contributed by atoms with E-state index in [1.807, 2.05) is 30.3 Å². The number of nitrogens with one attached hydrogen (secondary N) is 1. The van der Waals surface area contributed by atoms with Gasteiger partial charge in [0.1, 0.15) is 12.4 Å². The Balaban J connectivity index is 0.00000220. The Bertz CT molecular complexity index is 421. The molecule has 0 unspecified atom stereocenters. The van der Waals surface area contributed by atoms with E-state index in [1.165, 1.54) is 12.8 Å². The van der Waals surface area contributed by atoms with Gasteiger partial charge in [0.25, 0.3) is 0 Å². The van der Waals surface area contributed by atoms with Gasteiger partial charge < -0.3 is 15.0 Å². The first-order chi connectivity index (χ1) is 9.79. The van der Waals surface area contributed by atoms with Gasteiger partial charge in [0, 0.05) is 20.1 Å². The molecule has 1 aliphatic carbocycles. The lowest BCUT2D eigenvalue weighted by Crippen LogP contribution is -2.41. The molecule has 0 heterocycles. The maximum atomic E-state index is 5.72. The van der Waals surface area contributed by atoms with E-state index in [4.69, 9.17) is 4.74 Å². The molecule has 21 heavy (non-hydrogen) atoms. The molecule has 1 aromatic rings. The van der Waals surface area contributed by atoms with Crippen molar-refractivity contribution in [2.24, 2.45) is 10.9 Å². The number of para-hydroxylation sites is 1. The molecule has 0 amide bonds. The Morgan fingerprint density at radius 2 is 2.05 bits per heavy atom. The average molecular weight is 403 g/mol. The largest absolute Gasteiger partial charge is 0.492 e. The maximum absolute atomic E-state index is 5.72. The third-order valence-corrected chi connectivity index (χ3v) is 3.33. The van der Waals surface area contributed by atoms with Crippen LogP contribution in [0.25, 0.3) is 0 Å². The van der Waals surface area contributed by atoms with Crippen LogP contribution in [0.15, 0.2) is 35.3 Å². The van der Waals surface area contributed by atoms with Crippen LogP contribution in [0, 0.1) is 5.92 Å². The SMILES string of the molecule is CCNC(=NCC1CC1)N(C)CCOc1ccccc1.I. The second-order valence-corrected chi connectivity index (χ2v) is 5.22. The number of guanidine groups is 1. The number of hydrogen-bond acceptors (Lipinski definition) is 2. The minimum Gasteiger partial charge on any atom is -0.492 e. The summed E-state index contributed by atoms with van der Waals surface area (Å²) in [7, 11) is 2.06. The van der Waals surface area contributed by atoms with Crippen LogP contribution in [0.1, 0.15) is 19.8 Å². The molecule has 0 saturated heterocycles. The van der Waals surface area contributed by atoms with E-state index in [0.717, 1.165) is 37.3 Å². The highest BCUT2D eigenvalue weighted by Gasteiger charge is 2.21. The average Bonchev–Trinajstić information content (AvgIpc) is 3.28. The van der Waals surface area contributed by atoms with E-state index < -0.39 is 0 Å². The molecule has 4 nitrogen and oxygen atoms in total. The van der Waals surface area contributed by atoms with Gasteiger partial charge in [-0.15, -0.1) is 24.0 Å². The summed E-state index contributed by atoms with van der Waals surface area (Å²) >= 11 is 0. The summed E-state index contributed by atoms with van der Waals surface area (Å²) in [5, 5.41) is 3.33.